The van der Waals surface area contributed by atoms with E-state index in [4.69, 9.17) is 9.84 Å². The number of carbonyl (C=O) groups is 1. The molecule has 0 aromatic rings. The summed E-state index contributed by atoms with van der Waals surface area (Å²) in [5.41, 5.74) is -0.798. The SMILES string of the molecule is CC(C)N(C[C@H](O)C(F)(F)F)C(=O)OC(C)(C)C. The fourth-order valence-corrected chi connectivity index (χ4v) is 1.11. The Morgan fingerprint density at radius 2 is 1.72 bits per heavy atom. The van der Waals surface area contributed by atoms with Crippen LogP contribution in [0, 0.1) is 0 Å². The van der Waals surface area contributed by atoms with Crippen LogP contribution < -0.4 is 0 Å². The summed E-state index contributed by atoms with van der Waals surface area (Å²) in [4.78, 5) is 12.5. The van der Waals surface area contributed by atoms with Gasteiger partial charge >= 0.3 is 12.3 Å². The minimum Gasteiger partial charge on any atom is -0.444 e. The second-order valence-corrected chi connectivity index (χ2v) is 5.28. The Morgan fingerprint density at radius 1 is 1.28 bits per heavy atom. The number of carbonyl (C=O) groups excluding carboxylic acids is 1. The van der Waals surface area contributed by atoms with Gasteiger partial charge in [-0.3, -0.25) is 0 Å². The molecular formula is C11H20F3NO3. The average molecular weight is 271 g/mol. The normalized spacial score (nSPS) is 14.6. The Hall–Kier alpha value is -0.980. The molecule has 18 heavy (non-hydrogen) atoms. The van der Waals surface area contributed by atoms with Crippen molar-refractivity contribution in [2.24, 2.45) is 0 Å². The molecule has 0 aliphatic carbocycles. The summed E-state index contributed by atoms with van der Waals surface area (Å²) in [6, 6.07) is -0.503. The van der Waals surface area contributed by atoms with E-state index in [1.54, 1.807) is 34.6 Å². The number of nitrogens with zero attached hydrogens (tertiary/aromatic N) is 1. The van der Waals surface area contributed by atoms with E-state index in [0.29, 0.717) is 0 Å². The lowest BCUT2D eigenvalue weighted by Gasteiger charge is -2.31. The third kappa shape index (κ3) is 6.09. The topological polar surface area (TPSA) is 49.8 Å². The first-order chi connectivity index (χ1) is 7.84. The van der Waals surface area contributed by atoms with Gasteiger partial charge in [0.2, 0.25) is 0 Å². The molecule has 4 nitrogen and oxygen atoms in total. The second kappa shape index (κ2) is 5.77. The number of aliphatic hydroxyl groups excluding tert-OH is 1. The van der Waals surface area contributed by atoms with Crippen molar-refractivity contribution < 1.29 is 27.8 Å². The van der Waals surface area contributed by atoms with Crippen molar-refractivity contribution in [1.29, 1.82) is 0 Å². The number of rotatable bonds is 3. The smallest absolute Gasteiger partial charge is 0.416 e. The third-order valence-corrected chi connectivity index (χ3v) is 2.00. The highest BCUT2D eigenvalue weighted by molar-refractivity contribution is 5.68. The van der Waals surface area contributed by atoms with Crippen LogP contribution in [0.2, 0.25) is 0 Å². The van der Waals surface area contributed by atoms with E-state index < -0.39 is 36.6 Å². The van der Waals surface area contributed by atoms with Crippen LogP contribution in [0.5, 0.6) is 0 Å². The third-order valence-electron chi connectivity index (χ3n) is 2.00. The average Bonchev–Trinajstić information content (AvgIpc) is 2.07. The van der Waals surface area contributed by atoms with Crippen LogP contribution in [0.1, 0.15) is 34.6 Å². The molecule has 1 atom stereocenters. The van der Waals surface area contributed by atoms with Crippen molar-refractivity contribution in [3.05, 3.63) is 0 Å². The lowest BCUT2D eigenvalue weighted by Crippen LogP contribution is -2.48. The summed E-state index contributed by atoms with van der Waals surface area (Å²) < 4.78 is 41.7. The van der Waals surface area contributed by atoms with Crippen LogP contribution in [-0.2, 0) is 4.74 Å². The maximum absolute atomic E-state index is 12.2. The van der Waals surface area contributed by atoms with Crippen molar-refractivity contribution in [3.8, 4) is 0 Å². The summed E-state index contributed by atoms with van der Waals surface area (Å²) >= 11 is 0. The molecule has 0 saturated heterocycles. The minimum atomic E-state index is -4.75. The summed E-state index contributed by atoms with van der Waals surface area (Å²) in [6.45, 7) is 7.10. The maximum atomic E-state index is 12.2. The van der Waals surface area contributed by atoms with Gasteiger partial charge in [0.25, 0.3) is 0 Å². The van der Waals surface area contributed by atoms with E-state index in [1.165, 1.54) is 0 Å². The lowest BCUT2D eigenvalue weighted by atomic mass is 10.2. The number of alkyl halides is 3. The van der Waals surface area contributed by atoms with Gasteiger partial charge in [0.15, 0.2) is 6.10 Å². The molecule has 0 radical (unpaired) electrons. The molecule has 1 N–H and O–H groups in total. The van der Waals surface area contributed by atoms with Gasteiger partial charge in [0.1, 0.15) is 5.60 Å². The Kier molecular flexibility index (Phi) is 5.46. The van der Waals surface area contributed by atoms with Gasteiger partial charge < -0.3 is 14.7 Å². The molecule has 0 saturated carbocycles. The van der Waals surface area contributed by atoms with Crippen molar-refractivity contribution in [2.75, 3.05) is 6.54 Å². The Labute approximate surface area is 105 Å². The van der Waals surface area contributed by atoms with E-state index >= 15 is 0 Å². The first-order valence-electron chi connectivity index (χ1n) is 5.59. The predicted molar refractivity (Wildman–Crippen MR) is 60.1 cm³/mol. The lowest BCUT2D eigenvalue weighted by molar-refractivity contribution is -0.207. The predicted octanol–water partition coefficient (Wildman–Crippen LogP) is 2.56. The molecule has 0 heterocycles. The molecule has 0 aliphatic heterocycles. The molecule has 0 aliphatic rings. The van der Waals surface area contributed by atoms with E-state index in [9.17, 15) is 18.0 Å². The highest BCUT2D eigenvalue weighted by Crippen LogP contribution is 2.22. The summed E-state index contributed by atoms with van der Waals surface area (Å²) in [7, 11) is 0. The quantitative estimate of drug-likeness (QED) is 0.858. The summed E-state index contributed by atoms with van der Waals surface area (Å²) in [5, 5.41) is 8.98. The largest absolute Gasteiger partial charge is 0.444 e. The summed E-state index contributed by atoms with van der Waals surface area (Å²) in [6.07, 6.45) is -8.21. The van der Waals surface area contributed by atoms with Crippen molar-refractivity contribution >= 4 is 6.09 Å². The highest BCUT2D eigenvalue weighted by Gasteiger charge is 2.41. The highest BCUT2D eigenvalue weighted by atomic mass is 19.4. The Bertz CT molecular complexity index is 284. The zero-order valence-corrected chi connectivity index (χ0v) is 11.2. The molecule has 0 aromatic heterocycles. The van der Waals surface area contributed by atoms with Crippen LogP contribution in [0.3, 0.4) is 0 Å². The van der Waals surface area contributed by atoms with E-state index in [1.807, 2.05) is 0 Å². The number of halogens is 3. The van der Waals surface area contributed by atoms with Gasteiger partial charge in [-0.1, -0.05) is 0 Å². The first kappa shape index (κ1) is 17.0. The van der Waals surface area contributed by atoms with Crippen LogP contribution in [0.25, 0.3) is 0 Å². The maximum Gasteiger partial charge on any atom is 0.416 e. The number of ether oxygens (including phenoxy) is 1. The fourth-order valence-electron chi connectivity index (χ4n) is 1.11. The molecule has 1 amide bonds. The van der Waals surface area contributed by atoms with Crippen LogP contribution in [0.4, 0.5) is 18.0 Å². The molecule has 0 bridgehead atoms. The van der Waals surface area contributed by atoms with Crippen LogP contribution >= 0.6 is 0 Å². The molecule has 7 heteroatoms. The van der Waals surface area contributed by atoms with Gasteiger partial charge in [0.05, 0.1) is 6.54 Å². The molecule has 0 spiro atoms. The van der Waals surface area contributed by atoms with Gasteiger partial charge in [-0.2, -0.15) is 13.2 Å². The van der Waals surface area contributed by atoms with E-state index in [-0.39, 0.29) is 0 Å². The van der Waals surface area contributed by atoms with Gasteiger partial charge in [-0.15, -0.1) is 0 Å². The van der Waals surface area contributed by atoms with Crippen molar-refractivity contribution in [1.82, 2.24) is 4.90 Å². The Balaban J connectivity index is 4.74. The number of aliphatic hydroxyl groups is 1. The molecule has 0 unspecified atom stereocenters. The minimum absolute atomic E-state index is 0.503. The molecular weight excluding hydrogens is 251 g/mol. The zero-order valence-electron chi connectivity index (χ0n) is 11.2. The van der Waals surface area contributed by atoms with E-state index in [2.05, 4.69) is 0 Å². The number of hydrogen-bond acceptors (Lipinski definition) is 3. The molecule has 0 fully saturated rings. The van der Waals surface area contributed by atoms with Crippen molar-refractivity contribution in [2.45, 2.75) is 58.5 Å². The van der Waals surface area contributed by atoms with Gasteiger partial charge in [0, 0.05) is 6.04 Å². The monoisotopic (exact) mass is 271 g/mol. The van der Waals surface area contributed by atoms with Crippen LogP contribution in [0.15, 0.2) is 0 Å². The Morgan fingerprint density at radius 3 is 2.00 bits per heavy atom. The summed E-state index contributed by atoms with van der Waals surface area (Å²) in [5.74, 6) is 0. The van der Waals surface area contributed by atoms with Gasteiger partial charge in [-0.05, 0) is 34.6 Å². The van der Waals surface area contributed by atoms with E-state index in [0.717, 1.165) is 4.90 Å². The molecule has 0 aromatic carbocycles. The molecule has 0 rings (SSSR count). The fraction of sp³-hybridized carbons (Fsp3) is 0.909. The van der Waals surface area contributed by atoms with Gasteiger partial charge in [-0.25, -0.2) is 4.79 Å². The first-order valence-corrected chi connectivity index (χ1v) is 5.59. The second-order valence-electron chi connectivity index (χ2n) is 5.28. The zero-order chi connectivity index (χ0) is 14.7. The molecule has 108 valence electrons. The standard InChI is InChI=1S/C11H20F3NO3/c1-7(2)15(6-8(16)11(12,13)14)9(17)18-10(3,4)5/h7-8,16H,6H2,1-5H3/t8-/m0/s1. The number of amides is 1. The van der Waals surface area contributed by atoms with Crippen molar-refractivity contribution in [3.63, 3.8) is 0 Å². The number of hydrogen-bond donors (Lipinski definition) is 1. The van der Waals surface area contributed by atoms with Crippen LogP contribution in [-0.4, -0.2) is 46.6 Å².